The zero-order valence-corrected chi connectivity index (χ0v) is 30.3. The quantitative estimate of drug-likeness (QED) is 0.157. The van der Waals surface area contributed by atoms with E-state index in [1.807, 2.05) is 18.6 Å². The van der Waals surface area contributed by atoms with Crippen LogP contribution in [0, 0.1) is 0 Å². The fourth-order valence-corrected chi connectivity index (χ4v) is 7.94. The van der Waals surface area contributed by atoms with Gasteiger partial charge in [-0.2, -0.15) is 5.10 Å². The Morgan fingerprint density at radius 1 is 0.633 bits per heavy atom. The van der Waals surface area contributed by atoms with E-state index in [1.54, 1.807) is 0 Å². The highest BCUT2D eigenvalue weighted by Gasteiger charge is 2.40. The van der Waals surface area contributed by atoms with Gasteiger partial charge < -0.3 is 0 Å². The number of aromatic nitrogens is 3. The molecule has 5 heteroatoms. The Labute approximate surface area is 291 Å². The van der Waals surface area contributed by atoms with Gasteiger partial charge in [-0.15, -0.1) is 0 Å². The summed E-state index contributed by atoms with van der Waals surface area (Å²) in [6, 6.07) is 28.7. The van der Waals surface area contributed by atoms with Crippen LogP contribution >= 0.6 is 0 Å². The molecule has 1 aliphatic heterocycles. The molecule has 0 saturated heterocycles. The summed E-state index contributed by atoms with van der Waals surface area (Å²) in [5, 5.41) is 8.01. The van der Waals surface area contributed by atoms with Crippen molar-refractivity contribution in [2.24, 2.45) is 5.10 Å². The molecule has 0 spiro atoms. The van der Waals surface area contributed by atoms with Crippen LogP contribution in [0.25, 0.3) is 21.8 Å². The standard InChI is InChI=1S/C44H49N5/c1-27(2)31-15-11-16-32(28(3)4)35(31)21-22-37-42-41(20-13-24-46-42)48(43-33(29(5)6)17-12-18-34(43)30(7)8)44(37)47-49-39-19-10-9-14-36(39)38-26-45-25-23-40(38)49/h9-20,23-30,37H,21-22H2,1-8H3/b47-44-. The van der Waals surface area contributed by atoms with Crippen LogP contribution in [-0.2, 0) is 6.42 Å². The van der Waals surface area contributed by atoms with Gasteiger partial charge in [0.25, 0.3) is 0 Å². The Morgan fingerprint density at radius 2 is 1.24 bits per heavy atom. The summed E-state index contributed by atoms with van der Waals surface area (Å²) in [6.45, 7) is 18.5. The van der Waals surface area contributed by atoms with Crippen LogP contribution in [0.2, 0.25) is 0 Å². The molecule has 0 radical (unpaired) electrons. The molecular weight excluding hydrogens is 599 g/mol. The molecule has 0 saturated carbocycles. The van der Waals surface area contributed by atoms with E-state index >= 15 is 0 Å². The van der Waals surface area contributed by atoms with Gasteiger partial charge in [-0.1, -0.05) is 110 Å². The molecule has 1 unspecified atom stereocenters. The van der Waals surface area contributed by atoms with Gasteiger partial charge in [0, 0.05) is 29.4 Å². The second-order valence-corrected chi connectivity index (χ2v) is 14.8. The fourth-order valence-electron chi connectivity index (χ4n) is 7.94. The number of anilines is 2. The molecule has 0 fully saturated rings. The average molecular weight is 648 g/mol. The van der Waals surface area contributed by atoms with Gasteiger partial charge in [-0.05, 0) is 88.6 Å². The summed E-state index contributed by atoms with van der Waals surface area (Å²) in [7, 11) is 0. The summed E-state index contributed by atoms with van der Waals surface area (Å²) in [5.74, 6) is 2.58. The van der Waals surface area contributed by atoms with Crippen molar-refractivity contribution in [2.75, 3.05) is 4.90 Å². The first-order chi connectivity index (χ1) is 23.7. The van der Waals surface area contributed by atoms with Crippen LogP contribution in [-0.4, -0.2) is 20.5 Å². The van der Waals surface area contributed by atoms with Gasteiger partial charge in [0.15, 0.2) is 0 Å². The maximum absolute atomic E-state index is 5.75. The maximum Gasteiger partial charge on any atom is 0.144 e. The number of pyridine rings is 2. The third-order valence-corrected chi connectivity index (χ3v) is 10.3. The molecule has 7 rings (SSSR count). The van der Waals surface area contributed by atoms with Crippen LogP contribution in [0.15, 0.2) is 103 Å². The van der Waals surface area contributed by atoms with Crippen LogP contribution in [0.4, 0.5) is 11.4 Å². The van der Waals surface area contributed by atoms with Crippen molar-refractivity contribution in [1.82, 2.24) is 14.6 Å². The molecule has 0 N–H and O–H groups in total. The molecule has 250 valence electrons. The largest absolute Gasteiger partial charge is 0.294 e. The van der Waals surface area contributed by atoms with Crippen molar-refractivity contribution >= 4 is 39.0 Å². The summed E-state index contributed by atoms with van der Waals surface area (Å²) in [5.41, 5.74) is 12.6. The third-order valence-electron chi connectivity index (χ3n) is 10.3. The minimum absolute atomic E-state index is 0.00490. The normalized spacial score (nSPS) is 15.6. The second kappa shape index (κ2) is 13.3. The molecule has 0 aliphatic carbocycles. The predicted molar refractivity (Wildman–Crippen MR) is 207 cm³/mol. The minimum Gasteiger partial charge on any atom is -0.294 e. The van der Waals surface area contributed by atoms with E-state index in [1.165, 1.54) is 33.5 Å². The molecule has 4 heterocycles. The highest BCUT2D eigenvalue weighted by Crippen LogP contribution is 2.48. The lowest BCUT2D eigenvalue weighted by atomic mass is 9.84. The Kier molecular flexibility index (Phi) is 8.87. The van der Waals surface area contributed by atoms with Crippen molar-refractivity contribution in [1.29, 1.82) is 0 Å². The van der Waals surface area contributed by atoms with Gasteiger partial charge in [-0.3, -0.25) is 14.9 Å². The van der Waals surface area contributed by atoms with Crippen molar-refractivity contribution in [3.05, 3.63) is 131 Å². The first kappa shape index (κ1) is 32.8. The highest BCUT2D eigenvalue weighted by atomic mass is 15.4. The first-order valence-corrected chi connectivity index (χ1v) is 18.1. The lowest BCUT2D eigenvalue weighted by Gasteiger charge is -2.30. The fraction of sp³-hybridized carbons (Fsp3) is 0.341. The van der Waals surface area contributed by atoms with E-state index in [2.05, 4.69) is 149 Å². The number of hydrogen-bond donors (Lipinski definition) is 0. The van der Waals surface area contributed by atoms with Crippen molar-refractivity contribution in [3.8, 4) is 0 Å². The average Bonchev–Trinajstić information content (AvgIpc) is 3.58. The molecule has 49 heavy (non-hydrogen) atoms. The van der Waals surface area contributed by atoms with Crippen LogP contribution < -0.4 is 4.90 Å². The molecule has 6 aromatic rings. The summed E-state index contributed by atoms with van der Waals surface area (Å²) in [4.78, 5) is 12.1. The van der Waals surface area contributed by atoms with Crippen molar-refractivity contribution in [3.63, 3.8) is 0 Å². The monoisotopic (exact) mass is 647 g/mol. The lowest BCUT2D eigenvalue weighted by Crippen LogP contribution is -2.28. The molecule has 5 nitrogen and oxygen atoms in total. The zero-order valence-electron chi connectivity index (χ0n) is 30.3. The number of benzene rings is 3. The van der Waals surface area contributed by atoms with E-state index < -0.39 is 0 Å². The van der Waals surface area contributed by atoms with Crippen LogP contribution in [0.5, 0.6) is 0 Å². The number of amidine groups is 1. The predicted octanol–water partition coefficient (Wildman–Crippen LogP) is 11.8. The van der Waals surface area contributed by atoms with E-state index in [4.69, 9.17) is 10.1 Å². The molecule has 0 bridgehead atoms. The highest BCUT2D eigenvalue weighted by molar-refractivity contribution is 6.15. The molecule has 3 aromatic heterocycles. The van der Waals surface area contributed by atoms with Gasteiger partial charge in [-0.25, -0.2) is 4.68 Å². The van der Waals surface area contributed by atoms with Gasteiger partial charge in [0.2, 0.25) is 0 Å². The number of nitrogens with zero attached hydrogens (tertiary/aromatic N) is 5. The molecule has 0 amide bonds. The van der Waals surface area contributed by atoms with Crippen molar-refractivity contribution < 1.29 is 0 Å². The first-order valence-electron chi connectivity index (χ1n) is 18.1. The van der Waals surface area contributed by atoms with Gasteiger partial charge in [0.1, 0.15) is 5.84 Å². The summed E-state index contributed by atoms with van der Waals surface area (Å²) in [6.07, 6.45) is 7.66. The summed E-state index contributed by atoms with van der Waals surface area (Å²) < 4.78 is 2.15. The van der Waals surface area contributed by atoms with Crippen LogP contribution in [0.3, 0.4) is 0 Å². The lowest BCUT2D eigenvalue weighted by molar-refractivity contribution is 0.715. The Bertz CT molecular complexity index is 2060. The Balaban J connectivity index is 1.50. The molecule has 3 aromatic carbocycles. The maximum atomic E-state index is 5.75. The molecular formula is C44H49N5. The van der Waals surface area contributed by atoms with E-state index in [0.29, 0.717) is 23.7 Å². The minimum atomic E-state index is -0.00490. The second-order valence-electron chi connectivity index (χ2n) is 14.8. The smallest absolute Gasteiger partial charge is 0.144 e. The van der Waals surface area contributed by atoms with Crippen molar-refractivity contribution in [2.45, 2.75) is 97.8 Å². The van der Waals surface area contributed by atoms with E-state index in [9.17, 15) is 0 Å². The number of rotatable bonds is 9. The van der Waals surface area contributed by atoms with Gasteiger partial charge in [0.05, 0.1) is 34.0 Å². The Hall–Kier alpha value is -4.77. The van der Waals surface area contributed by atoms with E-state index in [-0.39, 0.29) is 5.92 Å². The van der Waals surface area contributed by atoms with Crippen LogP contribution in [0.1, 0.15) is 125 Å². The Morgan fingerprint density at radius 3 is 1.90 bits per heavy atom. The summed E-state index contributed by atoms with van der Waals surface area (Å²) >= 11 is 0. The molecule has 1 aliphatic rings. The number of fused-ring (bicyclic) bond motifs is 4. The van der Waals surface area contributed by atoms with Gasteiger partial charge >= 0.3 is 0 Å². The SMILES string of the molecule is CC(C)c1cccc(C(C)C)c1CCC1/C(=N/n2c3ccccc3c3cnccc32)N(c2c(C(C)C)cccc2C(C)C)c2cccnc21. The third kappa shape index (κ3) is 5.73. The number of para-hydroxylation sites is 2. The molecule has 1 atom stereocenters. The topological polar surface area (TPSA) is 46.3 Å². The van der Waals surface area contributed by atoms with E-state index in [0.717, 1.165) is 51.9 Å². The zero-order chi connectivity index (χ0) is 34.4. The number of hydrogen-bond acceptors (Lipinski definition) is 3.